The summed E-state index contributed by atoms with van der Waals surface area (Å²) in [4.78, 5) is 12.9. The number of nitrogens with one attached hydrogen (secondary N) is 1. The van der Waals surface area contributed by atoms with Crippen molar-refractivity contribution in [2.75, 3.05) is 0 Å². The first-order valence-corrected chi connectivity index (χ1v) is 7.20. The summed E-state index contributed by atoms with van der Waals surface area (Å²) in [5, 5.41) is 3.18. The number of hydrogen-bond donors (Lipinski definition) is 2. The normalized spacial score (nSPS) is 33.1. The summed E-state index contributed by atoms with van der Waals surface area (Å²) < 4.78 is 0. The average molecular weight is 268 g/mol. The molecule has 0 bridgehead atoms. The maximum absolute atomic E-state index is 12.4. The molecule has 2 rings (SSSR count). The first-order chi connectivity index (χ1) is 8.19. The molecular weight excluding hydrogens is 244 g/mol. The van der Waals surface area contributed by atoms with E-state index in [1.165, 1.54) is 0 Å². The van der Waals surface area contributed by atoms with Gasteiger partial charge in [-0.2, -0.15) is 0 Å². The summed E-state index contributed by atoms with van der Waals surface area (Å²) in [5.41, 5.74) is 5.93. The average Bonchev–Trinajstić information content (AvgIpc) is 2.59. The van der Waals surface area contributed by atoms with Crippen LogP contribution in [0.5, 0.6) is 0 Å². The Morgan fingerprint density at radius 2 is 1.78 bits per heavy atom. The zero-order valence-electron chi connectivity index (χ0n) is 11.7. The molecule has 0 radical (unpaired) electrons. The summed E-state index contributed by atoms with van der Waals surface area (Å²) in [6, 6.07) is 0.155. The van der Waals surface area contributed by atoms with Crippen molar-refractivity contribution in [2.24, 2.45) is 28.4 Å². The van der Waals surface area contributed by atoms with Crippen LogP contribution in [0.2, 0.25) is 0 Å². The molecule has 0 aromatic rings. The van der Waals surface area contributed by atoms with Gasteiger partial charge in [0.25, 0.3) is 0 Å². The topological polar surface area (TPSA) is 55.1 Å². The maximum Gasteiger partial charge on any atom is 0.224 e. The van der Waals surface area contributed by atoms with Gasteiger partial charge in [-0.15, -0.1) is 0 Å². The smallest absolute Gasteiger partial charge is 0.224 e. The van der Waals surface area contributed by atoms with E-state index in [0.717, 1.165) is 19.3 Å². The van der Waals surface area contributed by atoms with Gasteiger partial charge in [-0.05, 0) is 23.7 Å². The van der Waals surface area contributed by atoms with E-state index in [9.17, 15) is 4.79 Å². The van der Waals surface area contributed by atoms with E-state index in [4.69, 9.17) is 18.0 Å². The largest absolute Gasteiger partial charge is 0.393 e. The molecule has 2 fully saturated rings. The number of nitrogens with two attached hydrogens (primary N) is 1. The Bertz CT molecular complexity index is 375. The number of hydrogen-bond acceptors (Lipinski definition) is 2. The summed E-state index contributed by atoms with van der Waals surface area (Å²) >= 11 is 5.08. The number of amides is 1. The molecule has 18 heavy (non-hydrogen) atoms. The van der Waals surface area contributed by atoms with Gasteiger partial charge in [0.05, 0.1) is 4.99 Å². The third kappa shape index (κ3) is 1.94. The van der Waals surface area contributed by atoms with E-state index < -0.39 is 0 Å². The molecule has 3 nitrogen and oxygen atoms in total. The first kappa shape index (κ1) is 13.8. The molecule has 0 spiro atoms. The summed E-state index contributed by atoms with van der Waals surface area (Å²) in [6.07, 6.45) is 3.11. The fraction of sp³-hybridized carbons (Fsp3) is 0.857. The van der Waals surface area contributed by atoms with Gasteiger partial charge in [0.1, 0.15) is 0 Å². The van der Waals surface area contributed by atoms with Crippen molar-refractivity contribution >= 4 is 23.1 Å². The second-order valence-electron chi connectivity index (χ2n) is 6.93. The monoisotopic (exact) mass is 268 g/mol. The number of carbonyl (C=O) groups is 1. The van der Waals surface area contributed by atoms with Gasteiger partial charge < -0.3 is 11.1 Å². The predicted molar refractivity (Wildman–Crippen MR) is 77.1 cm³/mol. The minimum Gasteiger partial charge on any atom is -0.393 e. The fourth-order valence-corrected chi connectivity index (χ4v) is 3.87. The third-order valence-electron chi connectivity index (χ3n) is 5.49. The van der Waals surface area contributed by atoms with Crippen LogP contribution in [0.15, 0.2) is 0 Å². The molecule has 2 unspecified atom stereocenters. The van der Waals surface area contributed by atoms with E-state index in [1.54, 1.807) is 0 Å². The molecule has 102 valence electrons. The lowest BCUT2D eigenvalue weighted by molar-refractivity contribution is -0.124. The Labute approximate surface area is 115 Å². The van der Waals surface area contributed by atoms with Gasteiger partial charge >= 0.3 is 0 Å². The van der Waals surface area contributed by atoms with Crippen LogP contribution < -0.4 is 11.1 Å². The molecule has 0 aromatic carbocycles. The quantitative estimate of drug-likeness (QED) is 0.772. The van der Waals surface area contributed by atoms with Crippen LogP contribution in [0.25, 0.3) is 0 Å². The van der Waals surface area contributed by atoms with Gasteiger partial charge in [-0.25, -0.2) is 0 Å². The molecule has 2 aliphatic rings. The highest BCUT2D eigenvalue weighted by Gasteiger charge is 2.68. The Balaban J connectivity index is 1.99. The summed E-state index contributed by atoms with van der Waals surface area (Å²) in [7, 11) is 0. The second kappa shape index (κ2) is 4.19. The van der Waals surface area contributed by atoms with Gasteiger partial charge in [0, 0.05) is 17.9 Å². The van der Waals surface area contributed by atoms with E-state index in [-0.39, 0.29) is 34.6 Å². The zero-order valence-corrected chi connectivity index (χ0v) is 12.6. The van der Waals surface area contributed by atoms with E-state index >= 15 is 0 Å². The summed E-state index contributed by atoms with van der Waals surface area (Å²) in [6.45, 7) is 8.65. The Morgan fingerprint density at radius 1 is 1.22 bits per heavy atom. The second-order valence-corrected chi connectivity index (χ2v) is 7.40. The van der Waals surface area contributed by atoms with E-state index in [1.807, 2.05) is 0 Å². The van der Waals surface area contributed by atoms with Crippen LogP contribution >= 0.6 is 12.2 Å². The summed E-state index contributed by atoms with van der Waals surface area (Å²) in [5.74, 6) is 0.477. The highest BCUT2D eigenvalue weighted by Crippen LogP contribution is 2.68. The molecule has 0 aromatic heterocycles. The van der Waals surface area contributed by atoms with Crippen LogP contribution in [0, 0.1) is 22.7 Å². The lowest BCUT2D eigenvalue weighted by Crippen LogP contribution is -2.43. The van der Waals surface area contributed by atoms with Crippen molar-refractivity contribution in [3.05, 3.63) is 0 Å². The van der Waals surface area contributed by atoms with Crippen molar-refractivity contribution in [3.63, 3.8) is 0 Å². The van der Waals surface area contributed by atoms with Crippen LogP contribution in [0.3, 0.4) is 0 Å². The molecule has 2 saturated carbocycles. The van der Waals surface area contributed by atoms with Gasteiger partial charge in [-0.1, -0.05) is 46.3 Å². The molecule has 4 heteroatoms. The molecular formula is C14H24N2OS. The highest BCUT2D eigenvalue weighted by atomic mass is 32.1. The van der Waals surface area contributed by atoms with Crippen LogP contribution in [-0.4, -0.2) is 16.9 Å². The Hall–Kier alpha value is -0.640. The fourth-order valence-electron chi connectivity index (χ4n) is 3.59. The molecule has 3 N–H and O–H groups in total. The van der Waals surface area contributed by atoms with Crippen LogP contribution in [-0.2, 0) is 4.79 Å². The van der Waals surface area contributed by atoms with E-state index in [2.05, 4.69) is 33.0 Å². The van der Waals surface area contributed by atoms with Crippen molar-refractivity contribution in [1.29, 1.82) is 0 Å². The highest BCUT2D eigenvalue weighted by molar-refractivity contribution is 7.80. The molecule has 0 heterocycles. The van der Waals surface area contributed by atoms with Crippen molar-refractivity contribution < 1.29 is 4.79 Å². The minimum atomic E-state index is 0.0917. The molecule has 0 aliphatic heterocycles. The third-order valence-corrected chi connectivity index (χ3v) is 5.79. The van der Waals surface area contributed by atoms with Crippen molar-refractivity contribution in [2.45, 2.75) is 53.0 Å². The lowest BCUT2D eigenvalue weighted by atomic mass is 10.0. The molecule has 0 saturated heterocycles. The Kier molecular flexibility index (Phi) is 3.21. The first-order valence-electron chi connectivity index (χ1n) is 6.79. The molecule has 1 amide bonds. The van der Waals surface area contributed by atoms with E-state index in [0.29, 0.717) is 4.99 Å². The van der Waals surface area contributed by atoms with Gasteiger partial charge in [0.2, 0.25) is 5.91 Å². The Morgan fingerprint density at radius 3 is 2.22 bits per heavy atom. The number of carbonyl (C=O) groups excluding carboxylic acids is 1. The molecule has 2 aliphatic carbocycles. The number of rotatable bonds is 3. The standard InChI is InChI=1S/C14H24N2OS/c1-13(2)10(14(13,3)4)12(17)16-9-7-5-6-8(9)11(15)18/h8-10H,5-7H2,1-4H3,(H2,15,18)(H,16,17). The van der Waals surface area contributed by atoms with Crippen molar-refractivity contribution in [3.8, 4) is 0 Å². The van der Waals surface area contributed by atoms with Gasteiger partial charge in [-0.3, -0.25) is 4.79 Å². The number of thiocarbonyl (C=S) groups is 1. The molecule has 2 atom stereocenters. The van der Waals surface area contributed by atoms with Crippen LogP contribution in [0.4, 0.5) is 0 Å². The lowest BCUT2D eigenvalue weighted by Gasteiger charge is -2.20. The SMILES string of the molecule is CC1(C)C(C(=O)NC2CCCC2C(N)=S)C1(C)C. The maximum atomic E-state index is 12.4. The van der Waals surface area contributed by atoms with Crippen molar-refractivity contribution in [1.82, 2.24) is 5.32 Å². The van der Waals surface area contributed by atoms with Gasteiger partial charge in [0.15, 0.2) is 0 Å². The minimum absolute atomic E-state index is 0.0917. The predicted octanol–water partition coefficient (Wildman–Crippen LogP) is 2.24. The van der Waals surface area contributed by atoms with Crippen LogP contribution in [0.1, 0.15) is 47.0 Å². The zero-order chi connectivity index (χ0) is 13.7.